The number of carbonyl (C=O) groups excluding carboxylic acids is 1. The molecule has 0 spiro atoms. The van der Waals surface area contributed by atoms with Crippen LogP contribution in [0.2, 0.25) is 0 Å². The molecule has 0 atom stereocenters. The average Bonchev–Trinajstić information content (AvgIpc) is 2.95. The van der Waals surface area contributed by atoms with Crippen molar-refractivity contribution in [2.75, 3.05) is 19.6 Å². The van der Waals surface area contributed by atoms with E-state index < -0.39 is 0 Å². The summed E-state index contributed by atoms with van der Waals surface area (Å²) in [7, 11) is 0. The van der Waals surface area contributed by atoms with Crippen LogP contribution in [0.3, 0.4) is 0 Å². The van der Waals surface area contributed by atoms with Crippen molar-refractivity contribution in [2.45, 2.75) is 39.2 Å². The maximum absolute atomic E-state index is 12.0. The van der Waals surface area contributed by atoms with Crippen LogP contribution >= 0.6 is 0 Å². The van der Waals surface area contributed by atoms with Crippen molar-refractivity contribution in [3.63, 3.8) is 0 Å². The number of rotatable bonds is 6. The van der Waals surface area contributed by atoms with Gasteiger partial charge in [-0.2, -0.15) is 0 Å². The third kappa shape index (κ3) is 4.35. The zero-order valence-corrected chi connectivity index (χ0v) is 10.8. The Morgan fingerprint density at radius 1 is 1.50 bits per heavy atom. The van der Waals surface area contributed by atoms with Crippen molar-refractivity contribution in [2.24, 2.45) is 5.92 Å². The minimum atomic E-state index is -0.132. The predicted octanol–water partition coefficient (Wildman–Crippen LogP) is 1.80. The summed E-state index contributed by atoms with van der Waals surface area (Å²) in [5.41, 5.74) is -0.132. The van der Waals surface area contributed by atoms with Crippen molar-refractivity contribution in [1.82, 2.24) is 10.2 Å². The minimum Gasteiger partial charge on any atom is -0.333 e. The Balaban J connectivity index is 2.36. The van der Waals surface area contributed by atoms with Crippen LogP contribution in [0.4, 0.5) is 0 Å². The number of hydrogen-bond acceptors (Lipinski definition) is 2. The van der Waals surface area contributed by atoms with Crippen molar-refractivity contribution in [3.8, 4) is 0 Å². The normalized spacial score (nSPS) is 15.9. The molecule has 1 fully saturated rings. The molecule has 3 heteroatoms. The molecule has 0 unspecified atom stereocenters. The SMILES string of the molecule is C=CCN(C(=O)CNCC1CC1)C(C)(C)C. The largest absolute Gasteiger partial charge is 0.333 e. The molecule has 0 aromatic carbocycles. The fourth-order valence-corrected chi connectivity index (χ4v) is 1.68. The lowest BCUT2D eigenvalue weighted by molar-refractivity contribution is -0.134. The summed E-state index contributed by atoms with van der Waals surface area (Å²) in [5.74, 6) is 0.975. The molecular weight excluding hydrogens is 200 g/mol. The van der Waals surface area contributed by atoms with Gasteiger partial charge in [-0.05, 0) is 46.1 Å². The van der Waals surface area contributed by atoms with Crippen LogP contribution < -0.4 is 5.32 Å². The zero-order chi connectivity index (χ0) is 12.2. The highest BCUT2D eigenvalue weighted by molar-refractivity contribution is 5.79. The highest BCUT2D eigenvalue weighted by Crippen LogP contribution is 2.27. The summed E-state index contributed by atoms with van der Waals surface area (Å²) in [6.45, 7) is 11.9. The fourth-order valence-electron chi connectivity index (χ4n) is 1.68. The third-order valence-electron chi connectivity index (χ3n) is 2.83. The van der Waals surface area contributed by atoms with Gasteiger partial charge in [0.05, 0.1) is 6.54 Å². The van der Waals surface area contributed by atoms with E-state index in [4.69, 9.17) is 0 Å². The van der Waals surface area contributed by atoms with Crippen LogP contribution in [-0.4, -0.2) is 36.0 Å². The van der Waals surface area contributed by atoms with Gasteiger partial charge in [0.15, 0.2) is 0 Å². The minimum absolute atomic E-state index is 0.132. The molecule has 0 radical (unpaired) electrons. The first-order chi connectivity index (χ1) is 7.45. The smallest absolute Gasteiger partial charge is 0.237 e. The molecule has 1 rings (SSSR count). The maximum atomic E-state index is 12.0. The first-order valence-electron chi connectivity index (χ1n) is 6.07. The lowest BCUT2D eigenvalue weighted by atomic mass is 10.1. The standard InChI is InChI=1S/C13H24N2O/c1-5-8-15(13(2,3)4)12(16)10-14-9-11-6-7-11/h5,11,14H,1,6-10H2,2-4H3. The summed E-state index contributed by atoms with van der Waals surface area (Å²) < 4.78 is 0. The second-order valence-electron chi connectivity index (χ2n) is 5.54. The average molecular weight is 224 g/mol. The van der Waals surface area contributed by atoms with Gasteiger partial charge in [0.25, 0.3) is 0 Å². The van der Waals surface area contributed by atoms with Gasteiger partial charge in [0, 0.05) is 12.1 Å². The highest BCUT2D eigenvalue weighted by Gasteiger charge is 2.26. The Kier molecular flexibility index (Phi) is 4.54. The van der Waals surface area contributed by atoms with E-state index in [-0.39, 0.29) is 11.4 Å². The van der Waals surface area contributed by atoms with Gasteiger partial charge >= 0.3 is 0 Å². The molecule has 1 saturated carbocycles. The van der Waals surface area contributed by atoms with Gasteiger partial charge in [-0.1, -0.05) is 6.08 Å². The molecule has 92 valence electrons. The van der Waals surface area contributed by atoms with Gasteiger partial charge in [0.1, 0.15) is 0 Å². The topological polar surface area (TPSA) is 32.3 Å². The van der Waals surface area contributed by atoms with Crippen LogP contribution in [0.5, 0.6) is 0 Å². The Hall–Kier alpha value is -0.830. The molecule has 0 aromatic heterocycles. The Bertz CT molecular complexity index is 251. The summed E-state index contributed by atoms with van der Waals surface area (Å²) in [4.78, 5) is 13.9. The Labute approximate surface area is 98.9 Å². The highest BCUT2D eigenvalue weighted by atomic mass is 16.2. The summed E-state index contributed by atoms with van der Waals surface area (Å²) >= 11 is 0. The van der Waals surface area contributed by atoms with E-state index in [0.29, 0.717) is 13.1 Å². The zero-order valence-electron chi connectivity index (χ0n) is 10.8. The van der Waals surface area contributed by atoms with Crippen LogP contribution in [0.15, 0.2) is 12.7 Å². The molecule has 0 aromatic rings. The first-order valence-corrected chi connectivity index (χ1v) is 6.07. The molecule has 3 nitrogen and oxygen atoms in total. The molecule has 1 N–H and O–H groups in total. The van der Waals surface area contributed by atoms with E-state index in [2.05, 4.69) is 32.7 Å². The van der Waals surface area contributed by atoms with E-state index in [1.807, 2.05) is 4.90 Å². The molecular formula is C13H24N2O. The maximum Gasteiger partial charge on any atom is 0.237 e. The third-order valence-corrected chi connectivity index (χ3v) is 2.83. The van der Waals surface area contributed by atoms with Crippen molar-refractivity contribution < 1.29 is 4.79 Å². The van der Waals surface area contributed by atoms with Crippen molar-refractivity contribution in [1.29, 1.82) is 0 Å². The molecule has 0 bridgehead atoms. The first kappa shape index (κ1) is 13.2. The van der Waals surface area contributed by atoms with Crippen LogP contribution in [-0.2, 0) is 4.79 Å². The van der Waals surface area contributed by atoms with E-state index in [1.165, 1.54) is 12.8 Å². The molecule has 0 aliphatic heterocycles. The molecule has 16 heavy (non-hydrogen) atoms. The lowest BCUT2D eigenvalue weighted by Gasteiger charge is -2.35. The van der Waals surface area contributed by atoms with Crippen molar-refractivity contribution in [3.05, 3.63) is 12.7 Å². The number of hydrogen-bond donors (Lipinski definition) is 1. The molecule has 0 heterocycles. The second kappa shape index (κ2) is 5.48. The monoisotopic (exact) mass is 224 g/mol. The van der Waals surface area contributed by atoms with Gasteiger partial charge in [-0.3, -0.25) is 4.79 Å². The fraction of sp³-hybridized carbons (Fsp3) is 0.769. The Morgan fingerprint density at radius 3 is 2.56 bits per heavy atom. The summed E-state index contributed by atoms with van der Waals surface area (Å²) in [6, 6.07) is 0. The molecule has 1 aliphatic rings. The van der Waals surface area contributed by atoms with Crippen LogP contribution in [0.25, 0.3) is 0 Å². The van der Waals surface area contributed by atoms with Gasteiger partial charge in [-0.15, -0.1) is 6.58 Å². The number of carbonyl (C=O) groups is 1. The Morgan fingerprint density at radius 2 is 2.12 bits per heavy atom. The number of amides is 1. The molecule has 0 saturated heterocycles. The van der Waals surface area contributed by atoms with E-state index >= 15 is 0 Å². The molecule has 1 amide bonds. The van der Waals surface area contributed by atoms with E-state index in [0.717, 1.165) is 12.5 Å². The van der Waals surface area contributed by atoms with E-state index in [1.54, 1.807) is 6.08 Å². The van der Waals surface area contributed by atoms with Gasteiger partial charge in [0.2, 0.25) is 5.91 Å². The number of nitrogens with one attached hydrogen (secondary N) is 1. The van der Waals surface area contributed by atoms with Crippen LogP contribution in [0, 0.1) is 5.92 Å². The summed E-state index contributed by atoms with van der Waals surface area (Å²) in [5, 5.41) is 3.23. The number of nitrogens with zero attached hydrogens (tertiary/aromatic N) is 1. The van der Waals surface area contributed by atoms with Gasteiger partial charge < -0.3 is 10.2 Å². The van der Waals surface area contributed by atoms with Gasteiger partial charge in [-0.25, -0.2) is 0 Å². The van der Waals surface area contributed by atoms with Crippen molar-refractivity contribution >= 4 is 5.91 Å². The summed E-state index contributed by atoms with van der Waals surface area (Å²) in [6.07, 6.45) is 4.41. The predicted molar refractivity (Wildman–Crippen MR) is 67.3 cm³/mol. The van der Waals surface area contributed by atoms with E-state index in [9.17, 15) is 4.79 Å². The molecule has 1 aliphatic carbocycles. The quantitative estimate of drug-likeness (QED) is 0.698. The second-order valence-corrected chi connectivity index (χ2v) is 5.54. The van der Waals surface area contributed by atoms with Crippen LogP contribution in [0.1, 0.15) is 33.6 Å². The lowest BCUT2D eigenvalue weighted by Crippen LogP contribution is -2.49.